The summed E-state index contributed by atoms with van der Waals surface area (Å²) in [4.78, 5) is 19.9. The van der Waals surface area contributed by atoms with Gasteiger partial charge in [0.25, 0.3) is 5.70 Å². The molecule has 0 aromatic rings. The maximum absolute atomic E-state index is 10.2. The van der Waals surface area contributed by atoms with Crippen LogP contribution in [0.3, 0.4) is 0 Å². The molecule has 0 aliphatic heterocycles. The zero-order valence-corrected chi connectivity index (χ0v) is 7.00. The summed E-state index contributed by atoms with van der Waals surface area (Å²) >= 11 is 2.99. The first kappa shape index (κ1) is 8.13. The van der Waals surface area contributed by atoms with Crippen molar-refractivity contribution in [2.75, 3.05) is 0 Å². The Labute approximate surface area is 70.9 Å². The average Bonchev–Trinajstić information content (AvgIpc) is 2.30. The number of aldehydes is 1. The van der Waals surface area contributed by atoms with E-state index in [2.05, 4.69) is 15.9 Å². The van der Waals surface area contributed by atoms with Gasteiger partial charge in [0.1, 0.15) is 6.29 Å². The van der Waals surface area contributed by atoms with Crippen molar-refractivity contribution >= 4 is 22.2 Å². The molecule has 0 unspecified atom stereocenters. The predicted molar refractivity (Wildman–Crippen MR) is 41.7 cm³/mol. The smallest absolute Gasteiger partial charge is 0.264 e. The summed E-state index contributed by atoms with van der Waals surface area (Å²) in [5, 5.41) is 10.2. The van der Waals surface area contributed by atoms with Gasteiger partial charge in [0, 0.05) is 5.57 Å². The van der Waals surface area contributed by atoms with Crippen molar-refractivity contribution in [1.82, 2.24) is 0 Å². The highest BCUT2D eigenvalue weighted by atomic mass is 79.9. The largest absolute Gasteiger partial charge is 0.298 e. The maximum Gasteiger partial charge on any atom is 0.264 e. The summed E-state index contributed by atoms with van der Waals surface area (Å²) in [6.07, 6.45) is 2.21. The summed E-state index contributed by atoms with van der Waals surface area (Å²) in [7, 11) is 0. The van der Waals surface area contributed by atoms with Gasteiger partial charge in [-0.15, -0.1) is 0 Å². The third kappa shape index (κ3) is 1.54. The second kappa shape index (κ2) is 2.96. The topological polar surface area (TPSA) is 60.2 Å². The molecular weight excluding hydrogens is 214 g/mol. The number of nitrogens with zero attached hydrogens (tertiary/aromatic N) is 1. The normalized spacial score (nSPS) is 16.6. The van der Waals surface area contributed by atoms with E-state index in [-0.39, 0.29) is 12.1 Å². The lowest BCUT2D eigenvalue weighted by molar-refractivity contribution is -0.426. The Morgan fingerprint density at radius 1 is 1.73 bits per heavy atom. The first-order chi connectivity index (χ1) is 5.15. The van der Waals surface area contributed by atoms with Crippen molar-refractivity contribution in [2.24, 2.45) is 0 Å². The molecule has 58 valence electrons. The fraction of sp³-hybridized carbons (Fsp3) is 0.167. The van der Waals surface area contributed by atoms with Crippen LogP contribution >= 0.6 is 15.9 Å². The molecule has 0 saturated heterocycles. The molecule has 11 heavy (non-hydrogen) atoms. The zero-order valence-electron chi connectivity index (χ0n) is 5.41. The van der Waals surface area contributed by atoms with Gasteiger partial charge in [-0.05, 0) is 22.0 Å². The summed E-state index contributed by atoms with van der Waals surface area (Å²) in [5.74, 6) is 0. The van der Waals surface area contributed by atoms with E-state index < -0.39 is 4.92 Å². The van der Waals surface area contributed by atoms with Crippen LogP contribution in [0.5, 0.6) is 0 Å². The number of halogens is 1. The summed E-state index contributed by atoms with van der Waals surface area (Å²) < 4.78 is 0.393. The van der Waals surface area contributed by atoms with Gasteiger partial charge in [-0.1, -0.05) is 0 Å². The SMILES string of the molecule is O=CC1=CC(Br)=C([N+](=O)[O-])C1. The standard InChI is InChI=1S/C6H4BrNO3/c7-5-1-4(3-9)2-6(5)8(10)11/h1,3H,2H2. The first-order valence-corrected chi connectivity index (χ1v) is 3.63. The van der Waals surface area contributed by atoms with Gasteiger partial charge >= 0.3 is 0 Å². The highest BCUT2D eigenvalue weighted by molar-refractivity contribution is 9.11. The molecule has 0 spiro atoms. The molecule has 0 saturated carbocycles. The quantitative estimate of drug-likeness (QED) is 0.399. The van der Waals surface area contributed by atoms with E-state index in [1.54, 1.807) is 0 Å². The minimum atomic E-state index is -0.489. The molecule has 1 rings (SSSR count). The Morgan fingerprint density at radius 2 is 2.36 bits per heavy atom. The predicted octanol–water partition coefficient (Wildman–Crippen LogP) is 1.40. The number of nitro groups is 1. The van der Waals surface area contributed by atoms with Crippen molar-refractivity contribution < 1.29 is 9.72 Å². The van der Waals surface area contributed by atoms with Crippen LogP contribution in [0.4, 0.5) is 0 Å². The molecule has 0 fully saturated rings. The molecule has 0 bridgehead atoms. The monoisotopic (exact) mass is 217 g/mol. The Morgan fingerprint density at radius 3 is 2.64 bits per heavy atom. The molecule has 1 aliphatic carbocycles. The van der Waals surface area contributed by atoms with Crippen LogP contribution in [-0.4, -0.2) is 11.2 Å². The summed E-state index contributed by atoms with van der Waals surface area (Å²) in [5.41, 5.74) is 0.482. The summed E-state index contributed by atoms with van der Waals surface area (Å²) in [6.45, 7) is 0. The molecule has 0 amide bonds. The number of rotatable bonds is 2. The molecule has 0 aromatic carbocycles. The molecule has 0 atom stereocenters. The van der Waals surface area contributed by atoms with Gasteiger partial charge in [0.2, 0.25) is 0 Å². The third-order valence-electron chi connectivity index (χ3n) is 1.33. The van der Waals surface area contributed by atoms with E-state index in [9.17, 15) is 14.9 Å². The Hall–Kier alpha value is -0.970. The molecule has 0 radical (unpaired) electrons. The van der Waals surface area contributed by atoms with Crippen LogP contribution in [0.15, 0.2) is 21.8 Å². The van der Waals surface area contributed by atoms with E-state index >= 15 is 0 Å². The molecule has 0 N–H and O–H groups in total. The maximum atomic E-state index is 10.2. The van der Waals surface area contributed by atoms with Crippen LogP contribution < -0.4 is 0 Å². The Bertz CT molecular complexity index is 280. The second-order valence-electron chi connectivity index (χ2n) is 2.07. The Kier molecular flexibility index (Phi) is 2.19. The van der Waals surface area contributed by atoms with Gasteiger partial charge < -0.3 is 0 Å². The Balaban J connectivity index is 2.86. The number of allylic oxidation sites excluding steroid dienone is 3. The fourth-order valence-electron chi connectivity index (χ4n) is 0.802. The van der Waals surface area contributed by atoms with Gasteiger partial charge in [0.15, 0.2) is 0 Å². The van der Waals surface area contributed by atoms with Crippen LogP contribution in [-0.2, 0) is 4.79 Å². The van der Waals surface area contributed by atoms with E-state index in [0.717, 1.165) is 0 Å². The van der Waals surface area contributed by atoms with Crippen LogP contribution in [0.2, 0.25) is 0 Å². The van der Waals surface area contributed by atoms with Crippen molar-refractivity contribution in [2.45, 2.75) is 6.42 Å². The lowest BCUT2D eigenvalue weighted by Crippen LogP contribution is -1.97. The van der Waals surface area contributed by atoms with Crippen LogP contribution in [0, 0.1) is 10.1 Å². The zero-order chi connectivity index (χ0) is 8.43. The number of carbonyl (C=O) groups excluding carboxylic acids is 1. The lowest BCUT2D eigenvalue weighted by atomic mass is 10.2. The number of carbonyl (C=O) groups is 1. The van der Waals surface area contributed by atoms with Crippen LogP contribution in [0.1, 0.15) is 6.42 Å². The molecular formula is C6H4BrNO3. The molecule has 0 heterocycles. The minimum absolute atomic E-state index is 0.0482. The van der Waals surface area contributed by atoms with Gasteiger partial charge in [-0.2, -0.15) is 0 Å². The van der Waals surface area contributed by atoms with Crippen molar-refractivity contribution in [3.63, 3.8) is 0 Å². The highest BCUT2D eigenvalue weighted by Crippen LogP contribution is 2.28. The minimum Gasteiger partial charge on any atom is -0.298 e. The lowest BCUT2D eigenvalue weighted by Gasteiger charge is -1.89. The molecule has 5 heteroatoms. The van der Waals surface area contributed by atoms with Crippen LogP contribution in [0.25, 0.3) is 0 Å². The molecule has 0 aromatic heterocycles. The van der Waals surface area contributed by atoms with Gasteiger partial charge in [0.05, 0.1) is 15.8 Å². The van der Waals surface area contributed by atoms with Gasteiger partial charge in [-0.3, -0.25) is 14.9 Å². The fourth-order valence-corrected chi connectivity index (χ4v) is 1.38. The second-order valence-corrected chi connectivity index (χ2v) is 2.92. The average molecular weight is 218 g/mol. The van der Waals surface area contributed by atoms with E-state index in [1.807, 2.05) is 0 Å². The van der Waals surface area contributed by atoms with Crippen molar-refractivity contribution in [1.29, 1.82) is 0 Å². The van der Waals surface area contributed by atoms with Crippen molar-refractivity contribution in [3.8, 4) is 0 Å². The van der Waals surface area contributed by atoms with E-state index in [1.165, 1.54) is 6.08 Å². The third-order valence-corrected chi connectivity index (χ3v) is 2.02. The van der Waals surface area contributed by atoms with E-state index in [0.29, 0.717) is 16.3 Å². The first-order valence-electron chi connectivity index (χ1n) is 2.84. The van der Waals surface area contributed by atoms with E-state index in [4.69, 9.17) is 0 Å². The number of hydrogen-bond donors (Lipinski definition) is 0. The molecule has 1 aliphatic rings. The summed E-state index contributed by atoms with van der Waals surface area (Å²) in [6, 6.07) is 0. The number of hydrogen-bond acceptors (Lipinski definition) is 3. The highest BCUT2D eigenvalue weighted by Gasteiger charge is 2.23. The van der Waals surface area contributed by atoms with Gasteiger partial charge in [-0.25, -0.2) is 0 Å². The molecule has 4 nitrogen and oxygen atoms in total. The van der Waals surface area contributed by atoms with Crippen molar-refractivity contribution in [3.05, 3.63) is 31.9 Å².